The van der Waals surface area contributed by atoms with E-state index in [9.17, 15) is 0 Å². The topological polar surface area (TPSA) is 30.5 Å². The van der Waals surface area contributed by atoms with E-state index in [0.29, 0.717) is 12.5 Å². The molecule has 15 heavy (non-hydrogen) atoms. The molecule has 1 N–H and O–H groups in total. The van der Waals surface area contributed by atoms with Gasteiger partial charge in [-0.05, 0) is 19.3 Å². The fourth-order valence-corrected chi connectivity index (χ4v) is 2.11. The molecule has 1 rings (SSSR count). The Morgan fingerprint density at radius 2 is 2.07 bits per heavy atom. The van der Waals surface area contributed by atoms with Crippen LogP contribution in [0, 0.1) is 5.92 Å². The molecule has 1 saturated heterocycles. The summed E-state index contributed by atoms with van der Waals surface area (Å²) in [5, 5.41) is 3.48. The van der Waals surface area contributed by atoms with Crippen molar-refractivity contribution < 1.29 is 9.47 Å². The lowest BCUT2D eigenvalue weighted by Crippen LogP contribution is -2.63. The van der Waals surface area contributed by atoms with Gasteiger partial charge in [-0.1, -0.05) is 20.8 Å². The number of rotatable bonds is 4. The van der Waals surface area contributed by atoms with Crippen LogP contribution in [0.2, 0.25) is 0 Å². The summed E-state index contributed by atoms with van der Waals surface area (Å²) in [6.45, 7) is 11.2. The first kappa shape index (κ1) is 12.9. The summed E-state index contributed by atoms with van der Waals surface area (Å²) < 4.78 is 11.6. The van der Waals surface area contributed by atoms with Crippen molar-refractivity contribution in [1.82, 2.24) is 5.32 Å². The highest BCUT2D eigenvalue weighted by molar-refractivity contribution is 4.96. The summed E-state index contributed by atoms with van der Waals surface area (Å²) in [5.74, 6) is 0.455. The fraction of sp³-hybridized carbons (Fsp3) is 1.00. The second-order valence-corrected chi connectivity index (χ2v) is 5.16. The molecule has 1 fully saturated rings. The highest BCUT2D eigenvalue weighted by Gasteiger charge is 2.44. The highest BCUT2D eigenvalue weighted by atomic mass is 16.6. The molecule has 0 saturated carbocycles. The minimum Gasteiger partial charge on any atom is -0.382 e. The maximum atomic E-state index is 6.33. The van der Waals surface area contributed by atoms with E-state index >= 15 is 0 Å². The molecule has 0 aliphatic carbocycles. The van der Waals surface area contributed by atoms with Crippen LogP contribution in [0.3, 0.4) is 0 Å². The predicted octanol–water partition coefficient (Wildman–Crippen LogP) is 1.82. The highest BCUT2D eigenvalue weighted by Crippen LogP contribution is 2.32. The summed E-state index contributed by atoms with van der Waals surface area (Å²) in [4.78, 5) is 0. The van der Waals surface area contributed by atoms with E-state index in [2.05, 4.69) is 33.0 Å². The van der Waals surface area contributed by atoms with Crippen molar-refractivity contribution in [2.45, 2.75) is 45.3 Å². The smallest absolute Gasteiger partial charge is 0.107 e. The molecule has 1 aliphatic rings. The number of morpholine rings is 1. The normalized spacial score (nSPS) is 37.2. The molecule has 90 valence electrons. The van der Waals surface area contributed by atoms with Gasteiger partial charge in [-0.25, -0.2) is 0 Å². The van der Waals surface area contributed by atoms with Crippen LogP contribution < -0.4 is 5.32 Å². The van der Waals surface area contributed by atoms with Crippen LogP contribution in [0.15, 0.2) is 0 Å². The number of nitrogens with one attached hydrogen (secondary N) is 1. The van der Waals surface area contributed by atoms with Crippen molar-refractivity contribution in [1.29, 1.82) is 0 Å². The zero-order chi connectivity index (χ0) is 11.5. The average molecular weight is 215 g/mol. The van der Waals surface area contributed by atoms with Gasteiger partial charge in [0.05, 0.1) is 12.2 Å². The van der Waals surface area contributed by atoms with Crippen molar-refractivity contribution in [3.05, 3.63) is 0 Å². The van der Waals surface area contributed by atoms with Gasteiger partial charge in [0.2, 0.25) is 0 Å². The zero-order valence-electron chi connectivity index (χ0n) is 10.7. The van der Waals surface area contributed by atoms with E-state index in [1.54, 1.807) is 7.11 Å². The summed E-state index contributed by atoms with van der Waals surface area (Å²) in [6.07, 6.45) is 1.03. The van der Waals surface area contributed by atoms with Crippen molar-refractivity contribution in [3.63, 3.8) is 0 Å². The largest absolute Gasteiger partial charge is 0.382 e. The van der Waals surface area contributed by atoms with Gasteiger partial charge >= 0.3 is 0 Å². The van der Waals surface area contributed by atoms with E-state index in [1.165, 1.54) is 0 Å². The lowest BCUT2D eigenvalue weighted by Gasteiger charge is -2.49. The number of hydrogen-bond donors (Lipinski definition) is 1. The maximum absolute atomic E-state index is 6.33. The Kier molecular flexibility index (Phi) is 4.15. The van der Waals surface area contributed by atoms with Crippen LogP contribution in [0.1, 0.15) is 34.1 Å². The van der Waals surface area contributed by atoms with Gasteiger partial charge in [0.25, 0.3) is 0 Å². The third kappa shape index (κ3) is 2.71. The van der Waals surface area contributed by atoms with Crippen molar-refractivity contribution in [2.75, 3.05) is 26.8 Å². The Morgan fingerprint density at radius 3 is 2.53 bits per heavy atom. The minimum atomic E-state index is -0.169. The summed E-state index contributed by atoms with van der Waals surface area (Å²) in [7, 11) is 1.74. The van der Waals surface area contributed by atoms with E-state index in [0.717, 1.165) is 19.5 Å². The third-order valence-corrected chi connectivity index (χ3v) is 3.56. The van der Waals surface area contributed by atoms with Gasteiger partial charge in [-0.15, -0.1) is 0 Å². The van der Waals surface area contributed by atoms with Crippen LogP contribution >= 0.6 is 0 Å². The first-order chi connectivity index (χ1) is 6.98. The Balaban J connectivity index is 2.80. The van der Waals surface area contributed by atoms with Crippen LogP contribution in [0.4, 0.5) is 0 Å². The van der Waals surface area contributed by atoms with Crippen LogP contribution in [0.25, 0.3) is 0 Å². The monoisotopic (exact) mass is 215 g/mol. The van der Waals surface area contributed by atoms with Gasteiger partial charge in [0.1, 0.15) is 5.60 Å². The van der Waals surface area contributed by atoms with Crippen molar-refractivity contribution in [2.24, 2.45) is 5.92 Å². The van der Waals surface area contributed by atoms with Gasteiger partial charge in [0, 0.05) is 20.2 Å². The molecule has 1 aliphatic heterocycles. The molecule has 0 radical (unpaired) electrons. The summed E-state index contributed by atoms with van der Waals surface area (Å²) in [5.41, 5.74) is -0.223. The summed E-state index contributed by atoms with van der Waals surface area (Å²) in [6, 6.07) is 0. The van der Waals surface area contributed by atoms with Crippen LogP contribution in [0.5, 0.6) is 0 Å². The summed E-state index contributed by atoms with van der Waals surface area (Å²) >= 11 is 0. The second-order valence-electron chi connectivity index (χ2n) is 5.16. The first-order valence-electron chi connectivity index (χ1n) is 5.88. The van der Waals surface area contributed by atoms with Gasteiger partial charge in [0.15, 0.2) is 0 Å². The molecule has 2 unspecified atom stereocenters. The molecular formula is C12H25NO2. The van der Waals surface area contributed by atoms with Gasteiger partial charge in [-0.2, -0.15) is 0 Å². The SMILES string of the molecule is CCC1(C)CNCC(COC)(C(C)C)O1. The Morgan fingerprint density at radius 1 is 1.40 bits per heavy atom. The molecular weight excluding hydrogens is 190 g/mol. The van der Waals surface area contributed by atoms with E-state index in [4.69, 9.17) is 9.47 Å². The molecule has 1 heterocycles. The predicted molar refractivity (Wildman–Crippen MR) is 62.1 cm³/mol. The Hall–Kier alpha value is -0.120. The zero-order valence-corrected chi connectivity index (χ0v) is 10.7. The van der Waals surface area contributed by atoms with E-state index in [-0.39, 0.29) is 11.2 Å². The molecule has 0 aromatic carbocycles. The van der Waals surface area contributed by atoms with Crippen LogP contribution in [-0.2, 0) is 9.47 Å². The third-order valence-electron chi connectivity index (χ3n) is 3.56. The lowest BCUT2D eigenvalue weighted by molar-refractivity contribution is -0.210. The Labute approximate surface area is 93.5 Å². The number of hydrogen-bond acceptors (Lipinski definition) is 3. The van der Waals surface area contributed by atoms with Crippen molar-refractivity contribution >= 4 is 0 Å². The van der Waals surface area contributed by atoms with Gasteiger partial charge in [-0.3, -0.25) is 0 Å². The Bertz CT molecular complexity index is 204. The number of ether oxygens (including phenoxy) is 2. The molecule has 0 aromatic rings. The average Bonchev–Trinajstić information content (AvgIpc) is 2.18. The molecule has 0 aromatic heterocycles. The quantitative estimate of drug-likeness (QED) is 0.776. The lowest BCUT2D eigenvalue weighted by atomic mass is 9.86. The molecule has 3 nitrogen and oxygen atoms in total. The standard InChI is InChI=1S/C12H25NO2/c1-6-11(4)7-13-8-12(15-11,9-14-5)10(2)3/h10,13H,6-9H2,1-5H3. The molecule has 0 amide bonds. The maximum Gasteiger partial charge on any atom is 0.107 e. The van der Waals surface area contributed by atoms with Crippen molar-refractivity contribution in [3.8, 4) is 0 Å². The molecule has 3 heteroatoms. The molecule has 0 bridgehead atoms. The number of methoxy groups -OCH3 is 1. The second kappa shape index (κ2) is 4.81. The van der Waals surface area contributed by atoms with E-state index < -0.39 is 0 Å². The van der Waals surface area contributed by atoms with Crippen LogP contribution in [-0.4, -0.2) is 38.0 Å². The van der Waals surface area contributed by atoms with E-state index in [1.807, 2.05) is 0 Å². The minimum absolute atomic E-state index is 0.0545. The molecule has 2 atom stereocenters. The fourth-order valence-electron chi connectivity index (χ4n) is 2.11. The molecule has 0 spiro atoms. The first-order valence-corrected chi connectivity index (χ1v) is 5.88. The van der Waals surface area contributed by atoms with Gasteiger partial charge < -0.3 is 14.8 Å².